The van der Waals surface area contributed by atoms with Crippen LogP contribution in [-0.2, 0) is 4.74 Å². The highest BCUT2D eigenvalue weighted by Crippen LogP contribution is 2.29. The molecule has 0 atom stereocenters. The molecule has 2 N–H and O–H groups in total. The van der Waals surface area contributed by atoms with Gasteiger partial charge in [-0.1, -0.05) is 11.6 Å². The van der Waals surface area contributed by atoms with Gasteiger partial charge in [0.2, 0.25) is 5.82 Å². The van der Waals surface area contributed by atoms with E-state index in [9.17, 15) is 10.1 Å². The maximum Gasteiger partial charge on any atom is 0.339 e. The number of hydrogen-bond donors (Lipinski definition) is 1. The van der Waals surface area contributed by atoms with E-state index < -0.39 is 12.6 Å². The van der Waals surface area contributed by atoms with Gasteiger partial charge in [0.25, 0.3) is 0 Å². The molecule has 3 aromatic rings. The van der Waals surface area contributed by atoms with Crippen LogP contribution in [0.2, 0.25) is 5.02 Å². The SMILES string of the molecule is N#CCOC(=O)c1ccc(Cl)c(-n2nc(C#N)c3nc(C#N)nc(N)c32)c1. The van der Waals surface area contributed by atoms with Gasteiger partial charge in [-0.2, -0.15) is 25.9 Å². The van der Waals surface area contributed by atoms with E-state index in [2.05, 4.69) is 15.1 Å². The van der Waals surface area contributed by atoms with Crippen molar-refractivity contribution in [3.8, 4) is 23.9 Å². The summed E-state index contributed by atoms with van der Waals surface area (Å²) in [6.45, 7) is -0.405. The van der Waals surface area contributed by atoms with Gasteiger partial charge >= 0.3 is 5.97 Å². The Bertz CT molecular complexity index is 1210. The van der Waals surface area contributed by atoms with E-state index in [1.807, 2.05) is 6.07 Å². The number of ether oxygens (including phenoxy) is 1. The number of rotatable bonds is 3. The molecule has 0 aliphatic rings. The van der Waals surface area contributed by atoms with Crippen molar-refractivity contribution < 1.29 is 9.53 Å². The highest BCUT2D eigenvalue weighted by Gasteiger charge is 2.21. The molecule has 0 unspecified atom stereocenters. The van der Waals surface area contributed by atoms with Crippen molar-refractivity contribution in [3.63, 3.8) is 0 Å². The van der Waals surface area contributed by atoms with Crippen LogP contribution in [0.4, 0.5) is 5.82 Å². The van der Waals surface area contributed by atoms with Gasteiger partial charge in [0.15, 0.2) is 18.1 Å². The lowest BCUT2D eigenvalue weighted by atomic mass is 10.2. The summed E-state index contributed by atoms with van der Waals surface area (Å²) >= 11 is 6.22. The zero-order valence-electron chi connectivity index (χ0n) is 13.3. The molecule has 10 nitrogen and oxygen atoms in total. The maximum absolute atomic E-state index is 12.0. The molecule has 27 heavy (non-hydrogen) atoms. The van der Waals surface area contributed by atoms with Gasteiger partial charge in [-0.05, 0) is 18.2 Å². The molecule has 0 aliphatic carbocycles. The predicted octanol–water partition coefficient (Wildman–Crippen LogP) is 1.47. The summed E-state index contributed by atoms with van der Waals surface area (Å²) in [6.07, 6.45) is 0. The van der Waals surface area contributed by atoms with Crippen LogP contribution in [0.1, 0.15) is 21.9 Å². The number of nitriles is 3. The van der Waals surface area contributed by atoms with Crippen LogP contribution in [-0.4, -0.2) is 32.3 Å². The molecule has 0 saturated heterocycles. The lowest BCUT2D eigenvalue weighted by Crippen LogP contribution is -2.08. The molecule has 2 heterocycles. The smallest absolute Gasteiger partial charge is 0.339 e. The molecule has 0 spiro atoms. The number of carbonyl (C=O) groups is 1. The summed E-state index contributed by atoms with van der Waals surface area (Å²) in [7, 11) is 0. The van der Waals surface area contributed by atoms with Crippen LogP contribution in [0.15, 0.2) is 18.2 Å². The molecule has 0 aliphatic heterocycles. The third-order valence-corrected chi connectivity index (χ3v) is 3.75. The second kappa shape index (κ2) is 6.96. The van der Waals surface area contributed by atoms with E-state index in [-0.39, 0.29) is 44.6 Å². The standard InChI is InChI=1S/C16H7ClN8O2/c17-9-2-1-8(16(26)27-4-3-18)5-11(9)25-14-13(10(6-19)24-25)22-12(7-20)23-15(14)21/h1-2,5H,4H2,(H2,21,22,23). The molecule has 0 saturated carbocycles. The first kappa shape index (κ1) is 17.6. The number of anilines is 1. The van der Waals surface area contributed by atoms with Crippen molar-refractivity contribution in [2.45, 2.75) is 0 Å². The van der Waals surface area contributed by atoms with E-state index in [4.69, 9.17) is 32.6 Å². The molecule has 1 aromatic carbocycles. The van der Waals surface area contributed by atoms with E-state index in [0.717, 1.165) is 0 Å². The molecule has 0 radical (unpaired) electrons. The number of benzene rings is 1. The second-order valence-corrected chi connectivity index (χ2v) is 5.42. The molecule has 0 fully saturated rings. The Morgan fingerprint density at radius 3 is 2.70 bits per heavy atom. The normalized spacial score (nSPS) is 10.0. The predicted molar refractivity (Wildman–Crippen MR) is 91.4 cm³/mol. The highest BCUT2D eigenvalue weighted by atomic mass is 35.5. The van der Waals surface area contributed by atoms with Crippen molar-refractivity contribution in [1.29, 1.82) is 15.8 Å². The van der Waals surface area contributed by atoms with Crippen LogP contribution in [0.25, 0.3) is 16.7 Å². The Labute approximate surface area is 156 Å². The van der Waals surface area contributed by atoms with Crippen LogP contribution in [0.5, 0.6) is 0 Å². The Kier molecular flexibility index (Phi) is 4.54. The van der Waals surface area contributed by atoms with Crippen molar-refractivity contribution in [3.05, 3.63) is 40.3 Å². The third-order valence-electron chi connectivity index (χ3n) is 3.43. The molecule has 11 heteroatoms. The molecule has 0 amide bonds. The Morgan fingerprint density at radius 2 is 2.04 bits per heavy atom. The summed E-state index contributed by atoms with van der Waals surface area (Å²) in [5.74, 6) is -1.03. The van der Waals surface area contributed by atoms with Crippen molar-refractivity contribution in [2.24, 2.45) is 0 Å². The summed E-state index contributed by atoms with van der Waals surface area (Å²) in [4.78, 5) is 19.8. The number of nitrogen functional groups attached to an aromatic ring is 1. The van der Waals surface area contributed by atoms with Gasteiger partial charge in [0.1, 0.15) is 29.2 Å². The van der Waals surface area contributed by atoms with E-state index in [1.165, 1.54) is 22.9 Å². The first-order valence-electron chi connectivity index (χ1n) is 7.20. The van der Waals surface area contributed by atoms with Crippen molar-refractivity contribution in [1.82, 2.24) is 19.7 Å². The lowest BCUT2D eigenvalue weighted by molar-refractivity contribution is 0.0555. The van der Waals surface area contributed by atoms with E-state index >= 15 is 0 Å². The fraction of sp³-hybridized carbons (Fsp3) is 0.0625. The minimum atomic E-state index is -0.734. The van der Waals surface area contributed by atoms with Gasteiger partial charge in [-0.15, -0.1) is 0 Å². The van der Waals surface area contributed by atoms with Crippen LogP contribution < -0.4 is 5.73 Å². The monoisotopic (exact) mass is 378 g/mol. The molecular weight excluding hydrogens is 372 g/mol. The zero-order valence-corrected chi connectivity index (χ0v) is 14.1. The van der Waals surface area contributed by atoms with Gasteiger partial charge in [0, 0.05) is 0 Å². The average Bonchev–Trinajstić information content (AvgIpc) is 3.05. The zero-order chi connectivity index (χ0) is 19.6. The number of nitrogens with zero attached hydrogens (tertiary/aromatic N) is 7. The van der Waals surface area contributed by atoms with Crippen LogP contribution in [0, 0.1) is 34.0 Å². The Hall–Kier alpha value is -4.20. The third kappa shape index (κ3) is 3.07. The number of aromatic nitrogens is 4. The van der Waals surface area contributed by atoms with Crippen molar-refractivity contribution in [2.75, 3.05) is 12.3 Å². The first-order chi connectivity index (χ1) is 13.0. The molecule has 0 bridgehead atoms. The number of carbonyl (C=O) groups excluding carboxylic acids is 1. The number of halogens is 1. The van der Waals surface area contributed by atoms with Gasteiger partial charge in [-0.3, -0.25) is 0 Å². The van der Waals surface area contributed by atoms with Crippen molar-refractivity contribution >= 4 is 34.4 Å². The summed E-state index contributed by atoms with van der Waals surface area (Å²) in [5, 5.41) is 31.1. The molecule has 130 valence electrons. The van der Waals surface area contributed by atoms with E-state index in [1.54, 1.807) is 12.1 Å². The average molecular weight is 379 g/mol. The van der Waals surface area contributed by atoms with Crippen LogP contribution >= 0.6 is 11.6 Å². The summed E-state index contributed by atoms with van der Waals surface area (Å²) in [6, 6.07) is 9.53. The number of esters is 1. The largest absolute Gasteiger partial charge is 0.447 e. The molecule has 3 rings (SSSR count). The molecule has 2 aromatic heterocycles. The van der Waals surface area contributed by atoms with E-state index in [0.29, 0.717) is 0 Å². The lowest BCUT2D eigenvalue weighted by Gasteiger charge is -2.09. The second-order valence-electron chi connectivity index (χ2n) is 5.01. The number of nitrogens with two attached hydrogens (primary N) is 1. The number of hydrogen-bond acceptors (Lipinski definition) is 9. The van der Waals surface area contributed by atoms with Gasteiger partial charge in [-0.25, -0.2) is 14.5 Å². The van der Waals surface area contributed by atoms with Gasteiger partial charge in [0.05, 0.1) is 16.3 Å². The quantitative estimate of drug-likeness (QED) is 0.663. The molecular formula is C16H7ClN8O2. The highest BCUT2D eigenvalue weighted by molar-refractivity contribution is 6.32. The minimum absolute atomic E-state index is 0.0788. The van der Waals surface area contributed by atoms with Crippen LogP contribution in [0.3, 0.4) is 0 Å². The maximum atomic E-state index is 12.0. The number of fused-ring (bicyclic) bond motifs is 1. The summed E-state index contributed by atoms with van der Waals surface area (Å²) < 4.78 is 5.98. The first-order valence-corrected chi connectivity index (χ1v) is 7.58. The Morgan fingerprint density at radius 1 is 1.26 bits per heavy atom. The van der Waals surface area contributed by atoms with Gasteiger partial charge < -0.3 is 10.5 Å². The fourth-order valence-corrected chi connectivity index (χ4v) is 2.52. The summed E-state index contributed by atoms with van der Waals surface area (Å²) in [5.41, 5.74) is 6.38. The Balaban J connectivity index is 2.25. The topological polar surface area (TPSA) is 167 Å². The fourth-order valence-electron chi connectivity index (χ4n) is 2.33. The minimum Gasteiger partial charge on any atom is -0.447 e.